The minimum Gasteiger partial charge on any atom is -0.465 e. The Balaban J connectivity index is 1.64. The predicted molar refractivity (Wildman–Crippen MR) is 111 cm³/mol. The molecule has 1 aromatic carbocycles. The number of benzene rings is 1. The molecule has 9 heteroatoms. The number of hydrogen-bond donors (Lipinski definition) is 3. The molecule has 0 spiro atoms. The van der Waals surface area contributed by atoms with Crippen LogP contribution in [-0.4, -0.2) is 36.5 Å². The van der Waals surface area contributed by atoms with Crippen LogP contribution < -0.4 is 10.6 Å². The van der Waals surface area contributed by atoms with E-state index < -0.39 is 23.4 Å². The molecule has 2 heterocycles. The number of methoxy groups -OCH3 is 1. The minimum atomic E-state index is -1.42. The zero-order chi connectivity index (χ0) is 20.9. The van der Waals surface area contributed by atoms with Gasteiger partial charge in [0.1, 0.15) is 5.60 Å². The molecule has 0 bridgehead atoms. The molecular formula is C20H18N2O5S2. The predicted octanol–water partition coefficient (Wildman–Crippen LogP) is 2.59. The molecule has 2 amide bonds. The number of hydrogen-bond acceptors (Lipinski definition) is 7. The number of carbonyl (C=O) groups is 3. The van der Waals surface area contributed by atoms with E-state index in [0.29, 0.717) is 21.7 Å². The number of aliphatic hydroxyl groups is 1. The summed E-state index contributed by atoms with van der Waals surface area (Å²) < 4.78 is 4.61. The van der Waals surface area contributed by atoms with Crippen LogP contribution >= 0.6 is 22.7 Å². The number of anilines is 1. The smallest absolute Gasteiger partial charge is 0.337 e. The number of thiophene rings is 2. The van der Waals surface area contributed by atoms with Crippen LogP contribution in [0.15, 0.2) is 58.6 Å². The van der Waals surface area contributed by atoms with Gasteiger partial charge in [0.2, 0.25) is 0 Å². The van der Waals surface area contributed by atoms with Gasteiger partial charge in [-0.05, 0) is 52.5 Å². The monoisotopic (exact) mass is 430 g/mol. The molecule has 1 atom stereocenters. The number of rotatable bonds is 6. The molecule has 29 heavy (non-hydrogen) atoms. The van der Waals surface area contributed by atoms with Crippen LogP contribution in [-0.2, 0) is 19.9 Å². The van der Waals surface area contributed by atoms with Gasteiger partial charge in [-0.3, -0.25) is 9.59 Å². The van der Waals surface area contributed by atoms with E-state index in [1.807, 2.05) is 16.8 Å². The fraction of sp³-hybridized carbons (Fsp3) is 0.150. The molecule has 0 radical (unpaired) electrons. The summed E-state index contributed by atoms with van der Waals surface area (Å²) in [6, 6.07) is 11.3. The summed E-state index contributed by atoms with van der Waals surface area (Å²) in [6.45, 7) is -0.155. The van der Waals surface area contributed by atoms with Gasteiger partial charge < -0.3 is 20.5 Å². The van der Waals surface area contributed by atoms with Gasteiger partial charge in [-0.1, -0.05) is 6.07 Å². The van der Waals surface area contributed by atoms with Gasteiger partial charge >= 0.3 is 17.8 Å². The second-order valence-corrected chi connectivity index (χ2v) is 7.78. The van der Waals surface area contributed by atoms with Crippen molar-refractivity contribution in [2.24, 2.45) is 0 Å². The maximum absolute atomic E-state index is 12.3. The Bertz CT molecular complexity index is 948. The van der Waals surface area contributed by atoms with Crippen molar-refractivity contribution in [1.82, 2.24) is 5.32 Å². The van der Waals surface area contributed by atoms with E-state index >= 15 is 0 Å². The van der Waals surface area contributed by atoms with Crippen LogP contribution in [0.3, 0.4) is 0 Å². The van der Waals surface area contributed by atoms with Crippen LogP contribution in [0.2, 0.25) is 0 Å². The molecule has 0 aliphatic heterocycles. The Kier molecular flexibility index (Phi) is 6.42. The Labute approximate surface area is 175 Å². The molecule has 3 rings (SSSR count). The van der Waals surface area contributed by atoms with Crippen LogP contribution in [0, 0.1) is 0 Å². The first kappa shape index (κ1) is 20.7. The number of carbonyl (C=O) groups excluding carboxylic acids is 3. The lowest BCUT2D eigenvalue weighted by Gasteiger charge is -2.26. The zero-order valence-electron chi connectivity index (χ0n) is 15.4. The van der Waals surface area contributed by atoms with E-state index in [4.69, 9.17) is 0 Å². The van der Waals surface area contributed by atoms with Gasteiger partial charge in [0.25, 0.3) is 0 Å². The highest BCUT2D eigenvalue weighted by atomic mass is 32.1. The lowest BCUT2D eigenvalue weighted by atomic mass is 9.94. The Hall–Kier alpha value is -3.01. The van der Waals surface area contributed by atoms with E-state index in [-0.39, 0.29) is 6.54 Å². The van der Waals surface area contributed by atoms with Gasteiger partial charge in [-0.15, -0.1) is 11.3 Å². The van der Waals surface area contributed by atoms with Gasteiger partial charge in [-0.2, -0.15) is 11.3 Å². The Morgan fingerprint density at radius 1 is 1.07 bits per heavy atom. The average Bonchev–Trinajstić information content (AvgIpc) is 3.46. The zero-order valence-corrected chi connectivity index (χ0v) is 17.0. The topological polar surface area (TPSA) is 105 Å². The number of nitrogens with one attached hydrogen (secondary N) is 2. The van der Waals surface area contributed by atoms with E-state index in [9.17, 15) is 19.5 Å². The molecule has 3 aromatic rings. The molecule has 0 saturated heterocycles. The molecule has 0 saturated carbocycles. The van der Waals surface area contributed by atoms with Crippen molar-refractivity contribution < 1.29 is 24.2 Å². The highest BCUT2D eigenvalue weighted by Gasteiger charge is 2.34. The summed E-state index contributed by atoms with van der Waals surface area (Å²) in [7, 11) is 1.27. The summed E-state index contributed by atoms with van der Waals surface area (Å²) in [5, 5.41) is 21.6. The number of esters is 1. The third kappa shape index (κ3) is 4.70. The fourth-order valence-electron chi connectivity index (χ4n) is 2.63. The summed E-state index contributed by atoms with van der Waals surface area (Å²) >= 11 is 2.79. The maximum Gasteiger partial charge on any atom is 0.337 e. The fourth-order valence-corrected chi connectivity index (χ4v) is 4.20. The first-order valence-corrected chi connectivity index (χ1v) is 10.3. The van der Waals surface area contributed by atoms with E-state index in [1.165, 1.54) is 54.0 Å². The van der Waals surface area contributed by atoms with Crippen LogP contribution in [0.1, 0.15) is 20.8 Å². The van der Waals surface area contributed by atoms with Crippen molar-refractivity contribution in [1.29, 1.82) is 0 Å². The highest BCUT2D eigenvalue weighted by molar-refractivity contribution is 7.10. The second kappa shape index (κ2) is 8.99. The second-order valence-electron chi connectivity index (χ2n) is 6.06. The first-order valence-electron chi connectivity index (χ1n) is 8.50. The summed E-state index contributed by atoms with van der Waals surface area (Å²) in [6.07, 6.45) is 0. The number of amides is 2. The van der Waals surface area contributed by atoms with E-state index in [1.54, 1.807) is 17.5 Å². The van der Waals surface area contributed by atoms with Crippen molar-refractivity contribution in [2.75, 3.05) is 19.0 Å². The van der Waals surface area contributed by atoms with Crippen molar-refractivity contribution >= 4 is 46.1 Å². The van der Waals surface area contributed by atoms with Crippen LogP contribution in [0.4, 0.5) is 5.69 Å². The normalized spacial score (nSPS) is 12.6. The quantitative estimate of drug-likeness (QED) is 0.412. The van der Waals surface area contributed by atoms with Crippen molar-refractivity contribution in [3.63, 3.8) is 0 Å². The van der Waals surface area contributed by atoms with Gasteiger partial charge in [0.05, 0.1) is 19.2 Å². The third-order valence-electron chi connectivity index (χ3n) is 4.20. The molecule has 2 aromatic heterocycles. The third-order valence-corrected chi connectivity index (χ3v) is 5.91. The summed E-state index contributed by atoms with van der Waals surface area (Å²) in [5.41, 5.74) is -0.105. The minimum absolute atomic E-state index is 0.155. The lowest BCUT2D eigenvalue weighted by molar-refractivity contribution is -0.136. The van der Waals surface area contributed by atoms with Crippen LogP contribution in [0.5, 0.6) is 0 Å². The van der Waals surface area contributed by atoms with E-state index in [0.717, 1.165) is 0 Å². The summed E-state index contributed by atoms with van der Waals surface area (Å²) in [4.78, 5) is 36.5. The van der Waals surface area contributed by atoms with Crippen LogP contribution in [0.25, 0.3) is 0 Å². The number of ether oxygens (including phenoxy) is 1. The summed E-state index contributed by atoms with van der Waals surface area (Å²) in [5.74, 6) is -2.26. The lowest BCUT2D eigenvalue weighted by Crippen LogP contribution is -2.44. The maximum atomic E-state index is 12.3. The molecule has 0 aliphatic carbocycles. The molecule has 0 unspecified atom stereocenters. The molecule has 0 fully saturated rings. The van der Waals surface area contributed by atoms with E-state index in [2.05, 4.69) is 15.4 Å². The van der Waals surface area contributed by atoms with Gasteiger partial charge in [0.15, 0.2) is 0 Å². The van der Waals surface area contributed by atoms with Crippen molar-refractivity contribution in [3.8, 4) is 0 Å². The standard InChI is InChI=1S/C20H18N2O5S2/c1-27-19(25)13-4-6-15(7-5-13)22-18(24)17(23)21-12-20(26,14-8-10-28-11-14)16-3-2-9-29-16/h2-11,26H,12H2,1H3,(H,21,23)(H,22,24)/t20-/m1/s1. The molecule has 150 valence electrons. The largest absolute Gasteiger partial charge is 0.465 e. The SMILES string of the molecule is COC(=O)c1ccc(NC(=O)C(=O)NC[C@@](O)(c2ccsc2)c2cccs2)cc1. The first-order chi connectivity index (χ1) is 13.9. The van der Waals surface area contributed by atoms with Gasteiger partial charge in [-0.25, -0.2) is 4.79 Å². The van der Waals surface area contributed by atoms with Gasteiger partial charge in [0, 0.05) is 16.1 Å². The molecular weight excluding hydrogens is 412 g/mol. The molecule has 7 nitrogen and oxygen atoms in total. The average molecular weight is 431 g/mol. The highest BCUT2D eigenvalue weighted by Crippen LogP contribution is 2.33. The molecule has 0 aliphatic rings. The Morgan fingerprint density at radius 2 is 1.83 bits per heavy atom. The molecule has 3 N–H and O–H groups in total. The Morgan fingerprint density at radius 3 is 2.41 bits per heavy atom. The van der Waals surface area contributed by atoms with Crippen molar-refractivity contribution in [3.05, 3.63) is 74.6 Å². The van der Waals surface area contributed by atoms with Crippen molar-refractivity contribution in [2.45, 2.75) is 5.60 Å².